The molecule has 0 unspecified atom stereocenters. The van der Waals surface area contributed by atoms with Crippen molar-refractivity contribution in [3.05, 3.63) is 42.0 Å². The standard InChI is InChI=1S/C16H20N6O2/c1-11(23)19-10-12-5-6-17-14(20-12)13-4-3-8-22(13)16(24)15-18-7-9-21(15)2/h5-7,9,13H,3-4,8,10H2,1-2H3,(H,19,23)/t13-/m1/s1. The third kappa shape index (κ3) is 3.27. The van der Waals surface area contributed by atoms with Gasteiger partial charge < -0.3 is 14.8 Å². The number of rotatable bonds is 4. The molecule has 0 bridgehead atoms. The van der Waals surface area contributed by atoms with Crippen LogP contribution < -0.4 is 5.32 Å². The normalized spacial score (nSPS) is 17.1. The number of hydrogen-bond acceptors (Lipinski definition) is 5. The smallest absolute Gasteiger partial charge is 0.290 e. The van der Waals surface area contributed by atoms with E-state index in [9.17, 15) is 9.59 Å². The zero-order valence-electron chi connectivity index (χ0n) is 13.8. The van der Waals surface area contributed by atoms with Gasteiger partial charge in [0.2, 0.25) is 5.91 Å². The minimum atomic E-state index is -0.161. The maximum atomic E-state index is 12.7. The summed E-state index contributed by atoms with van der Waals surface area (Å²) in [6.07, 6.45) is 6.76. The van der Waals surface area contributed by atoms with E-state index >= 15 is 0 Å². The van der Waals surface area contributed by atoms with Crippen LogP contribution in [0.25, 0.3) is 0 Å². The first kappa shape index (κ1) is 16.1. The fourth-order valence-corrected chi connectivity index (χ4v) is 2.87. The first-order valence-corrected chi connectivity index (χ1v) is 7.91. The molecule has 1 atom stereocenters. The number of likely N-dealkylation sites (tertiary alicyclic amines) is 1. The Labute approximate surface area is 139 Å². The van der Waals surface area contributed by atoms with Crippen molar-refractivity contribution in [2.24, 2.45) is 7.05 Å². The molecule has 126 valence electrons. The van der Waals surface area contributed by atoms with Crippen molar-refractivity contribution in [1.82, 2.24) is 29.7 Å². The second-order valence-corrected chi connectivity index (χ2v) is 5.83. The van der Waals surface area contributed by atoms with Crippen molar-refractivity contribution in [3.8, 4) is 0 Å². The highest BCUT2D eigenvalue weighted by Crippen LogP contribution is 2.30. The molecule has 1 aliphatic heterocycles. The number of carbonyl (C=O) groups is 2. The zero-order chi connectivity index (χ0) is 17.1. The molecule has 0 aliphatic carbocycles. The molecule has 0 aromatic carbocycles. The number of nitrogens with zero attached hydrogens (tertiary/aromatic N) is 5. The van der Waals surface area contributed by atoms with E-state index in [0.717, 1.165) is 18.5 Å². The van der Waals surface area contributed by atoms with Crippen LogP contribution in [0.1, 0.15) is 47.9 Å². The molecule has 1 N–H and O–H groups in total. The van der Waals surface area contributed by atoms with Gasteiger partial charge in [-0.25, -0.2) is 15.0 Å². The van der Waals surface area contributed by atoms with Crippen molar-refractivity contribution in [1.29, 1.82) is 0 Å². The van der Waals surface area contributed by atoms with Gasteiger partial charge in [-0.2, -0.15) is 0 Å². The molecule has 1 fully saturated rings. The Bertz CT molecular complexity index is 757. The molecule has 1 saturated heterocycles. The van der Waals surface area contributed by atoms with E-state index < -0.39 is 0 Å². The largest absolute Gasteiger partial charge is 0.351 e. The van der Waals surface area contributed by atoms with Crippen LogP contribution in [0.2, 0.25) is 0 Å². The Morgan fingerprint density at radius 1 is 1.33 bits per heavy atom. The molecule has 1 aliphatic rings. The Morgan fingerprint density at radius 3 is 2.88 bits per heavy atom. The number of amides is 2. The fourth-order valence-electron chi connectivity index (χ4n) is 2.87. The number of hydrogen-bond donors (Lipinski definition) is 1. The van der Waals surface area contributed by atoms with Gasteiger partial charge in [0, 0.05) is 39.1 Å². The van der Waals surface area contributed by atoms with E-state index in [0.29, 0.717) is 24.7 Å². The van der Waals surface area contributed by atoms with Gasteiger partial charge >= 0.3 is 0 Å². The monoisotopic (exact) mass is 328 g/mol. The van der Waals surface area contributed by atoms with E-state index in [1.54, 1.807) is 41.2 Å². The van der Waals surface area contributed by atoms with Crippen LogP contribution in [-0.2, 0) is 18.4 Å². The SMILES string of the molecule is CC(=O)NCc1ccnc([C@H]2CCCN2C(=O)c2nccn2C)n1. The fraction of sp³-hybridized carbons (Fsp3) is 0.438. The molecule has 3 rings (SSSR count). The minimum Gasteiger partial charge on any atom is -0.351 e. The number of nitrogens with one attached hydrogen (secondary N) is 1. The lowest BCUT2D eigenvalue weighted by atomic mass is 10.2. The highest BCUT2D eigenvalue weighted by molar-refractivity contribution is 5.91. The van der Waals surface area contributed by atoms with Crippen LogP contribution >= 0.6 is 0 Å². The molecule has 2 aromatic rings. The van der Waals surface area contributed by atoms with Crippen LogP contribution in [-0.4, -0.2) is 42.8 Å². The molecule has 0 spiro atoms. The van der Waals surface area contributed by atoms with Crippen LogP contribution in [0.4, 0.5) is 0 Å². The molecule has 0 radical (unpaired) electrons. The van der Waals surface area contributed by atoms with Gasteiger partial charge in [-0.3, -0.25) is 9.59 Å². The van der Waals surface area contributed by atoms with Gasteiger partial charge in [0.25, 0.3) is 5.91 Å². The summed E-state index contributed by atoms with van der Waals surface area (Å²) in [6, 6.07) is 1.60. The summed E-state index contributed by atoms with van der Waals surface area (Å²) < 4.78 is 1.71. The first-order chi connectivity index (χ1) is 11.6. The van der Waals surface area contributed by atoms with Crippen molar-refractivity contribution < 1.29 is 9.59 Å². The molecular formula is C16H20N6O2. The van der Waals surface area contributed by atoms with Gasteiger partial charge in [0.1, 0.15) is 0 Å². The number of aryl methyl sites for hydroxylation is 1. The van der Waals surface area contributed by atoms with Crippen molar-refractivity contribution in [2.45, 2.75) is 32.4 Å². The minimum absolute atomic E-state index is 0.109. The molecule has 2 aromatic heterocycles. The Morgan fingerprint density at radius 2 is 2.17 bits per heavy atom. The maximum absolute atomic E-state index is 12.7. The predicted molar refractivity (Wildman–Crippen MR) is 85.8 cm³/mol. The van der Waals surface area contributed by atoms with Crippen molar-refractivity contribution in [3.63, 3.8) is 0 Å². The van der Waals surface area contributed by atoms with E-state index in [1.807, 2.05) is 0 Å². The molecule has 3 heterocycles. The third-order valence-corrected chi connectivity index (χ3v) is 4.07. The summed E-state index contributed by atoms with van der Waals surface area (Å²) in [5, 5.41) is 2.72. The highest BCUT2D eigenvalue weighted by Gasteiger charge is 2.34. The van der Waals surface area contributed by atoms with Crippen LogP contribution in [0.3, 0.4) is 0 Å². The van der Waals surface area contributed by atoms with Crippen molar-refractivity contribution >= 4 is 11.8 Å². The quantitative estimate of drug-likeness (QED) is 0.897. The Balaban J connectivity index is 1.80. The van der Waals surface area contributed by atoms with Crippen LogP contribution in [0.5, 0.6) is 0 Å². The lowest BCUT2D eigenvalue weighted by molar-refractivity contribution is -0.119. The molecule has 8 heteroatoms. The maximum Gasteiger partial charge on any atom is 0.290 e. The molecule has 8 nitrogen and oxygen atoms in total. The number of aromatic nitrogens is 4. The predicted octanol–water partition coefficient (Wildman–Crippen LogP) is 0.823. The van der Waals surface area contributed by atoms with Gasteiger partial charge in [-0.15, -0.1) is 0 Å². The Kier molecular flexibility index (Phi) is 4.54. The first-order valence-electron chi connectivity index (χ1n) is 7.91. The summed E-state index contributed by atoms with van der Waals surface area (Å²) in [4.78, 5) is 38.6. The Hall–Kier alpha value is -2.77. The van der Waals surface area contributed by atoms with E-state index in [-0.39, 0.29) is 17.9 Å². The summed E-state index contributed by atoms with van der Waals surface area (Å²) in [6.45, 7) is 2.48. The summed E-state index contributed by atoms with van der Waals surface area (Å²) >= 11 is 0. The third-order valence-electron chi connectivity index (χ3n) is 4.07. The molecule has 0 saturated carbocycles. The topological polar surface area (TPSA) is 93.0 Å². The number of carbonyl (C=O) groups excluding carboxylic acids is 2. The van der Waals surface area contributed by atoms with E-state index in [1.165, 1.54) is 6.92 Å². The van der Waals surface area contributed by atoms with E-state index in [2.05, 4.69) is 20.3 Å². The average Bonchev–Trinajstić information content (AvgIpc) is 3.21. The lowest BCUT2D eigenvalue weighted by Crippen LogP contribution is -2.33. The molecule has 24 heavy (non-hydrogen) atoms. The second kappa shape index (κ2) is 6.77. The van der Waals surface area contributed by atoms with Gasteiger partial charge in [0.15, 0.2) is 11.6 Å². The van der Waals surface area contributed by atoms with Crippen LogP contribution in [0.15, 0.2) is 24.7 Å². The van der Waals surface area contributed by atoms with Crippen molar-refractivity contribution in [2.75, 3.05) is 6.54 Å². The summed E-state index contributed by atoms with van der Waals surface area (Å²) in [5.41, 5.74) is 0.728. The van der Waals surface area contributed by atoms with Crippen LogP contribution in [0, 0.1) is 0 Å². The van der Waals surface area contributed by atoms with E-state index in [4.69, 9.17) is 0 Å². The van der Waals surface area contributed by atoms with Gasteiger partial charge in [0.05, 0.1) is 18.3 Å². The average molecular weight is 328 g/mol. The van der Waals surface area contributed by atoms with Gasteiger partial charge in [-0.05, 0) is 18.9 Å². The second-order valence-electron chi connectivity index (χ2n) is 5.83. The summed E-state index contributed by atoms with van der Waals surface area (Å²) in [5.74, 6) is 0.803. The van der Waals surface area contributed by atoms with Gasteiger partial charge in [-0.1, -0.05) is 0 Å². The highest BCUT2D eigenvalue weighted by atomic mass is 16.2. The lowest BCUT2D eigenvalue weighted by Gasteiger charge is -2.23. The zero-order valence-corrected chi connectivity index (χ0v) is 13.8. The molecule has 2 amide bonds. The summed E-state index contributed by atoms with van der Waals surface area (Å²) in [7, 11) is 1.80. The number of imidazole rings is 1. The molecular weight excluding hydrogens is 308 g/mol.